The molecule has 0 saturated carbocycles. The monoisotopic (exact) mass is 458 g/mol. The van der Waals surface area contributed by atoms with E-state index in [-0.39, 0.29) is 5.91 Å². The number of aromatic amines is 1. The number of aromatic nitrogens is 4. The molecule has 174 valence electrons. The average Bonchev–Trinajstić information content (AvgIpc) is 3.29. The molecule has 0 unspecified atom stereocenters. The Bertz CT molecular complexity index is 1350. The van der Waals surface area contributed by atoms with E-state index in [1.807, 2.05) is 49.5 Å². The normalized spacial score (nSPS) is 11.4. The zero-order valence-electron chi connectivity index (χ0n) is 19.0. The van der Waals surface area contributed by atoms with Crippen molar-refractivity contribution in [1.29, 1.82) is 0 Å². The second-order valence-corrected chi connectivity index (χ2v) is 7.98. The van der Waals surface area contributed by atoms with Gasteiger partial charge in [0.25, 0.3) is 0 Å². The van der Waals surface area contributed by atoms with Crippen molar-refractivity contribution >= 4 is 50.9 Å². The molecule has 4 rings (SSSR count). The first-order valence-electron chi connectivity index (χ1n) is 10.8. The van der Waals surface area contributed by atoms with Gasteiger partial charge in [0.1, 0.15) is 18.0 Å². The van der Waals surface area contributed by atoms with Crippen molar-refractivity contribution in [3.63, 3.8) is 0 Å². The fourth-order valence-electron chi connectivity index (χ4n) is 3.38. The van der Waals surface area contributed by atoms with Crippen molar-refractivity contribution in [2.45, 2.75) is 6.42 Å². The average molecular weight is 459 g/mol. The maximum Gasteiger partial charge on any atom is 0.249 e. The molecule has 2 amide bonds. The number of benzene rings is 1. The van der Waals surface area contributed by atoms with Gasteiger partial charge in [-0.2, -0.15) is 0 Å². The van der Waals surface area contributed by atoms with Gasteiger partial charge in [0.2, 0.25) is 11.8 Å². The van der Waals surface area contributed by atoms with E-state index >= 15 is 0 Å². The van der Waals surface area contributed by atoms with Crippen molar-refractivity contribution in [3.05, 3.63) is 61.2 Å². The summed E-state index contributed by atoms with van der Waals surface area (Å²) in [6.45, 7) is 1.42. The first kappa shape index (κ1) is 22.9. The molecule has 10 heteroatoms. The number of nitrogens with one attached hydrogen (secondary N) is 4. The Hall–Kier alpha value is -4.31. The van der Waals surface area contributed by atoms with Crippen LogP contribution in [0.25, 0.3) is 21.8 Å². The summed E-state index contributed by atoms with van der Waals surface area (Å²) in [7, 11) is 3.95. The Morgan fingerprint density at radius 2 is 1.91 bits per heavy atom. The second-order valence-electron chi connectivity index (χ2n) is 7.98. The van der Waals surface area contributed by atoms with Crippen LogP contribution in [-0.2, 0) is 9.59 Å². The van der Waals surface area contributed by atoms with Gasteiger partial charge in [-0.25, -0.2) is 15.0 Å². The van der Waals surface area contributed by atoms with Gasteiger partial charge >= 0.3 is 0 Å². The van der Waals surface area contributed by atoms with Gasteiger partial charge in [-0.05, 0) is 57.4 Å². The lowest BCUT2D eigenvalue weighted by atomic mass is 10.2. The van der Waals surface area contributed by atoms with Gasteiger partial charge in [-0.15, -0.1) is 0 Å². The molecule has 0 aliphatic rings. The zero-order valence-corrected chi connectivity index (χ0v) is 19.0. The minimum absolute atomic E-state index is 0.320. The number of rotatable bonds is 9. The molecule has 4 aromatic rings. The molecule has 0 radical (unpaired) electrons. The Kier molecular flexibility index (Phi) is 7.09. The van der Waals surface area contributed by atoms with Crippen LogP contribution in [0.15, 0.2) is 61.2 Å². The van der Waals surface area contributed by atoms with Crippen LogP contribution in [-0.4, -0.2) is 63.8 Å². The predicted octanol–water partition coefficient (Wildman–Crippen LogP) is 2.81. The summed E-state index contributed by atoms with van der Waals surface area (Å²) in [4.78, 5) is 42.2. The van der Waals surface area contributed by atoms with Crippen LogP contribution < -0.4 is 16.0 Å². The topological polar surface area (TPSA) is 128 Å². The van der Waals surface area contributed by atoms with Gasteiger partial charge in [-0.3, -0.25) is 9.59 Å². The van der Waals surface area contributed by atoms with E-state index in [0.717, 1.165) is 29.6 Å². The van der Waals surface area contributed by atoms with E-state index in [9.17, 15) is 9.59 Å². The second kappa shape index (κ2) is 10.5. The van der Waals surface area contributed by atoms with E-state index in [2.05, 4.69) is 35.9 Å². The smallest absolute Gasteiger partial charge is 0.249 e. The third-order valence-corrected chi connectivity index (χ3v) is 5.06. The maximum atomic E-state index is 12.3. The van der Waals surface area contributed by atoms with Crippen molar-refractivity contribution in [1.82, 2.24) is 30.2 Å². The standard InChI is InChI=1S/C24H26N8O2/c1-32(2)11-3-9-26-22(33)6-7-23(34)31-21-13-18-20(14-27-21)28-15-29-24(18)30-17-4-5-19-16(12-17)8-10-25-19/h4-8,10,12-15,25H,3,9,11H2,1-2H3,(H,26,33)(H,27,31,34)(H,28,29,30). The third kappa shape index (κ3) is 5.93. The predicted molar refractivity (Wildman–Crippen MR) is 133 cm³/mol. The number of pyridine rings is 1. The lowest BCUT2D eigenvalue weighted by Crippen LogP contribution is -2.25. The molecular formula is C24H26N8O2. The van der Waals surface area contributed by atoms with E-state index in [1.165, 1.54) is 18.5 Å². The number of nitrogens with zero attached hydrogens (tertiary/aromatic N) is 4. The third-order valence-electron chi connectivity index (χ3n) is 5.06. The number of amides is 2. The summed E-state index contributed by atoms with van der Waals surface area (Å²) >= 11 is 0. The van der Waals surface area contributed by atoms with Crippen LogP contribution in [0.3, 0.4) is 0 Å². The molecule has 0 bridgehead atoms. The van der Waals surface area contributed by atoms with Crippen LogP contribution in [0, 0.1) is 0 Å². The number of anilines is 3. The Labute approximate surface area is 196 Å². The molecule has 3 heterocycles. The van der Waals surface area contributed by atoms with E-state index in [0.29, 0.717) is 29.1 Å². The van der Waals surface area contributed by atoms with E-state index < -0.39 is 5.91 Å². The highest BCUT2D eigenvalue weighted by molar-refractivity contribution is 6.04. The molecule has 0 spiro atoms. The molecule has 4 N–H and O–H groups in total. The van der Waals surface area contributed by atoms with Gasteiger partial charge in [0.05, 0.1) is 11.7 Å². The number of H-pyrrole nitrogens is 1. The van der Waals surface area contributed by atoms with Crippen molar-refractivity contribution in [2.24, 2.45) is 0 Å². The summed E-state index contributed by atoms with van der Waals surface area (Å²) in [6.07, 6.45) is 8.13. The maximum absolute atomic E-state index is 12.3. The minimum atomic E-state index is -0.459. The highest BCUT2D eigenvalue weighted by Gasteiger charge is 2.09. The lowest BCUT2D eigenvalue weighted by molar-refractivity contribution is -0.117. The summed E-state index contributed by atoms with van der Waals surface area (Å²) in [6, 6.07) is 9.64. The first-order valence-corrected chi connectivity index (χ1v) is 10.8. The largest absolute Gasteiger partial charge is 0.361 e. The number of fused-ring (bicyclic) bond motifs is 2. The van der Waals surface area contributed by atoms with Gasteiger partial charge in [0, 0.05) is 46.9 Å². The van der Waals surface area contributed by atoms with Gasteiger partial charge in [-0.1, -0.05) is 0 Å². The molecule has 0 saturated heterocycles. The highest BCUT2D eigenvalue weighted by atomic mass is 16.2. The molecule has 0 aliphatic heterocycles. The lowest BCUT2D eigenvalue weighted by Gasteiger charge is -2.10. The molecule has 0 fully saturated rings. The van der Waals surface area contributed by atoms with Gasteiger partial charge in [0.15, 0.2) is 0 Å². The van der Waals surface area contributed by atoms with Crippen molar-refractivity contribution in [3.8, 4) is 0 Å². The molecule has 3 aromatic heterocycles. The fraction of sp³-hybridized carbons (Fsp3) is 0.208. The Morgan fingerprint density at radius 1 is 1.06 bits per heavy atom. The molecule has 0 atom stereocenters. The SMILES string of the molecule is CN(C)CCCNC(=O)C=CC(=O)Nc1cc2c(Nc3ccc4[nH]ccc4c3)ncnc2cn1. The van der Waals surface area contributed by atoms with Crippen LogP contribution in [0.1, 0.15) is 6.42 Å². The molecule has 10 nitrogen and oxygen atoms in total. The number of carbonyl (C=O) groups is 2. The summed E-state index contributed by atoms with van der Waals surface area (Å²) in [5.74, 6) is 0.136. The fourth-order valence-corrected chi connectivity index (χ4v) is 3.38. The summed E-state index contributed by atoms with van der Waals surface area (Å²) in [5, 5.41) is 10.5. The Morgan fingerprint density at radius 3 is 2.76 bits per heavy atom. The molecule has 0 aliphatic carbocycles. The van der Waals surface area contributed by atoms with Crippen LogP contribution in [0.5, 0.6) is 0 Å². The molecular weight excluding hydrogens is 432 g/mol. The van der Waals surface area contributed by atoms with E-state index in [4.69, 9.17) is 0 Å². The van der Waals surface area contributed by atoms with Crippen LogP contribution in [0.2, 0.25) is 0 Å². The summed E-state index contributed by atoms with van der Waals surface area (Å²) < 4.78 is 0. The van der Waals surface area contributed by atoms with Crippen LogP contribution in [0.4, 0.5) is 17.3 Å². The quantitative estimate of drug-likeness (QED) is 0.224. The van der Waals surface area contributed by atoms with Gasteiger partial charge < -0.3 is 25.8 Å². The molecule has 1 aromatic carbocycles. The number of hydrogen-bond donors (Lipinski definition) is 4. The minimum Gasteiger partial charge on any atom is -0.361 e. The number of carbonyl (C=O) groups excluding carboxylic acids is 2. The van der Waals surface area contributed by atoms with E-state index in [1.54, 1.807) is 12.3 Å². The molecule has 34 heavy (non-hydrogen) atoms. The van der Waals surface area contributed by atoms with Crippen LogP contribution >= 0.6 is 0 Å². The highest BCUT2D eigenvalue weighted by Crippen LogP contribution is 2.26. The Balaban J connectivity index is 1.42. The van der Waals surface area contributed by atoms with Crippen molar-refractivity contribution in [2.75, 3.05) is 37.8 Å². The zero-order chi connectivity index (χ0) is 23.9. The van der Waals surface area contributed by atoms with Crippen molar-refractivity contribution < 1.29 is 9.59 Å². The first-order chi connectivity index (χ1) is 16.5. The number of hydrogen-bond acceptors (Lipinski definition) is 7. The summed E-state index contributed by atoms with van der Waals surface area (Å²) in [5.41, 5.74) is 2.54.